The van der Waals surface area contributed by atoms with Crippen molar-refractivity contribution in [1.82, 2.24) is 14.5 Å². The third-order valence-electron chi connectivity index (χ3n) is 3.43. The van der Waals surface area contributed by atoms with Crippen LogP contribution in [0.3, 0.4) is 0 Å². The van der Waals surface area contributed by atoms with Crippen LogP contribution in [0.25, 0.3) is 32.4 Å². The molecule has 0 unspecified atom stereocenters. The van der Waals surface area contributed by atoms with Crippen LogP contribution in [0.1, 0.15) is 0 Å². The van der Waals surface area contributed by atoms with E-state index in [4.69, 9.17) is 11.6 Å². The predicted octanol–water partition coefficient (Wildman–Crippen LogP) is 4.50. The Bertz CT molecular complexity index is 939. The van der Waals surface area contributed by atoms with Crippen LogP contribution < -0.4 is 0 Å². The highest BCUT2D eigenvalue weighted by atomic mass is 35.5. The second-order valence-corrected chi connectivity index (χ2v) is 5.90. The molecule has 1 aromatic carbocycles. The molecular weight excluding hydrogens is 290 g/mol. The molecule has 3 heterocycles. The summed E-state index contributed by atoms with van der Waals surface area (Å²) in [5.74, 6) is 0. The highest BCUT2D eigenvalue weighted by Gasteiger charge is 2.15. The number of para-hydroxylation sites is 1. The second kappa shape index (κ2) is 4.30. The summed E-state index contributed by atoms with van der Waals surface area (Å²) in [7, 11) is 2.04. The van der Waals surface area contributed by atoms with Crippen LogP contribution in [0.2, 0.25) is 5.28 Å². The molecule has 98 valence electrons. The minimum absolute atomic E-state index is 0.291. The van der Waals surface area contributed by atoms with Gasteiger partial charge in [-0.15, -0.1) is 11.3 Å². The standard InChI is InChI=1S/C15H10ClN3S/c1-19-8-10(9-4-2-3-5-12(9)19)13-14-11(6-7-20-14)17-15(16)18-13/h2-8H,1H3. The number of hydrogen-bond donors (Lipinski definition) is 0. The van der Waals surface area contributed by atoms with E-state index in [1.165, 1.54) is 10.9 Å². The molecule has 0 aliphatic carbocycles. The van der Waals surface area contributed by atoms with Crippen molar-refractivity contribution in [2.24, 2.45) is 7.05 Å². The van der Waals surface area contributed by atoms with E-state index in [1.807, 2.05) is 30.6 Å². The lowest BCUT2D eigenvalue weighted by Crippen LogP contribution is -1.87. The molecule has 3 nitrogen and oxygen atoms in total. The number of aromatic nitrogens is 3. The quantitative estimate of drug-likeness (QED) is 0.484. The van der Waals surface area contributed by atoms with Gasteiger partial charge in [-0.25, -0.2) is 9.97 Å². The van der Waals surface area contributed by atoms with Gasteiger partial charge in [-0.05, 0) is 29.1 Å². The van der Waals surface area contributed by atoms with Gasteiger partial charge in [0.05, 0.1) is 15.9 Å². The van der Waals surface area contributed by atoms with E-state index in [9.17, 15) is 0 Å². The average Bonchev–Trinajstić information content (AvgIpc) is 3.03. The van der Waals surface area contributed by atoms with Gasteiger partial charge in [-0.3, -0.25) is 0 Å². The molecule has 0 radical (unpaired) electrons. The van der Waals surface area contributed by atoms with Crippen molar-refractivity contribution in [2.75, 3.05) is 0 Å². The van der Waals surface area contributed by atoms with Crippen LogP contribution in [-0.4, -0.2) is 14.5 Å². The molecule has 20 heavy (non-hydrogen) atoms. The van der Waals surface area contributed by atoms with Gasteiger partial charge in [0.25, 0.3) is 0 Å². The zero-order valence-electron chi connectivity index (χ0n) is 10.7. The Morgan fingerprint density at radius 3 is 2.90 bits per heavy atom. The number of aryl methyl sites for hydroxylation is 1. The van der Waals surface area contributed by atoms with E-state index in [2.05, 4.69) is 32.9 Å². The SMILES string of the molecule is Cn1cc(-c2nc(Cl)nc3ccsc23)c2ccccc21. The Balaban J connectivity index is 2.14. The number of thiophene rings is 1. The lowest BCUT2D eigenvalue weighted by atomic mass is 10.1. The fraction of sp³-hybridized carbons (Fsp3) is 0.0667. The first-order valence-electron chi connectivity index (χ1n) is 6.19. The molecule has 0 amide bonds. The van der Waals surface area contributed by atoms with Gasteiger partial charge >= 0.3 is 0 Å². The highest BCUT2D eigenvalue weighted by Crippen LogP contribution is 2.35. The van der Waals surface area contributed by atoms with E-state index in [1.54, 1.807) is 11.3 Å². The molecule has 5 heteroatoms. The second-order valence-electron chi connectivity index (χ2n) is 4.65. The molecule has 0 fully saturated rings. The largest absolute Gasteiger partial charge is 0.350 e. The average molecular weight is 300 g/mol. The zero-order valence-corrected chi connectivity index (χ0v) is 12.2. The Labute approximate surface area is 124 Å². The predicted molar refractivity (Wildman–Crippen MR) is 84.3 cm³/mol. The molecule has 0 saturated carbocycles. The molecule has 4 rings (SSSR count). The normalized spacial score (nSPS) is 11.5. The zero-order chi connectivity index (χ0) is 13.7. The van der Waals surface area contributed by atoms with Crippen LogP contribution >= 0.6 is 22.9 Å². The maximum atomic E-state index is 6.06. The van der Waals surface area contributed by atoms with Gasteiger partial charge in [-0.1, -0.05) is 18.2 Å². The van der Waals surface area contributed by atoms with E-state index in [0.29, 0.717) is 5.28 Å². The van der Waals surface area contributed by atoms with E-state index in [-0.39, 0.29) is 0 Å². The van der Waals surface area contributed by atoms with Crippen molar-refractivity contribution < 1.29 is 0 Å². The highest BCUT2D eigenvalue weighted by molar-refractivity contribution is 7.17. The van der Waals surface area contributed by atoms with E-state index < -0.39 is 0 Å². The fourth-order valence-electron chi connectivity index (χ4n) is 2.55. The van der Waals surface area contributed by atoms with Crippen LogP contribution in [-0.2, 0) is 7.05 Å². The first-order valence-corrected chi connectivity index (χ1v) is 7.45. The monoisotopic (exact) mass is 299 g/mol. The van der Waals surface area contributed by atoms with Crippen molar-refractivity contribution in [2.45, 2.75) is 0 Å². The summed E-state index contributed by atoms with van der Waals surface area (Å²) in [6.07, 6.45) is 2.10. The summed E-state index contributed by atoms with van der Waals surface area (Å²) in [4.78, 5) is 8.73. The Kier molecular flexibility index (Phi) is 2.55. The van der Waals surface area contributed by atoms with Gasteiger partial charge in [0.2, 0.25) is 5.28 Å². The maximum Gasteiger partial charge on any atom is 0.223 e. The molecule has 0 aliphatic rings. The van der Waals surface area contributed by atoms with Crippen molar-refractivity contribution in [3.05, 3.63) is 47.2 Å². The van der Waals surface area contributed by atoms with Crippen LogP contribution in [0, 0.1) is 0 Å². The van der Waals surface area contributed by atoms with Gasteiger partial charge in [0.1, 0.15) is 0 Å². The smallest absolute Gasteiger partial charge is 0.223 e. The molecular formula is C15H10ClN3S. The summed E-state index contributed by atoms with van der Waals surface area (Å²) in [5.41, 5.74) is 4.09. The van der Waals surface area contributed by atoms with Gasteiger partial charge < -0.3 is 4.57 Å². The van der Waals surface area contributed by atoms with Crippen LogP contribution in [0.4, 0.5) is 0 Å². The Morgan fingerprint density at radius 2 is 2.00 bits per heavy atom. The minimum Gasteiger partial charge on any atom is -0.350 e. The number of fused-ring (bicyclic) bond motifs is 2. The minimum atomic E-state index is 0.291. The summed E-state index contributed by atoms with van der Waals surface area (Å²) >= 11 is 7.71. The summed E-state index contributed by atoms with van der Waals surface area (Å²) in [5, 5.41) is 3.49. The molecule has 0 atom stereocenters. The van der Waals surface area contributed by atoms with Crippen molar-refractivity contribution in [3.63, 3.8) is 0 Å². The topological polar surface area (TPSA) is 30.7 Å². The molecule has 3 aromatic heterocycles. The molecule has 0 bridgehead atoms. The third-order valence-corrected chi connectivity index (χ3v) is 4.51. The van der Waals surface area contributed by atoms with Crippen molar-refractivity contribution >= 4 is 44.1 Å². The van der Waals surface area contributed by atoms with Crippen LogP contribution in [0.15, 0.2) is 41.9 Å². The van der Waals surface area contributed by atoms with E-state index >= 15 is 0 Å². The molecule has 0 saturated heterocycles. The molecule has 4 aromatic rings. The number of benzene rings is 1. The van der Waals surface area contributed by atoms with Gasteiger partial charge in [0.15, 0.2) is 0 Å². The van der Waals surface area contributed by atoms with Crippen LogP contribution in [0.5, 0.6) is 0 Å². The Hall–Kier alpha value is -1.91. The third kappa shape index (κ3) is 1.65. The lowest BCUT2D eigenvalue weighted by molar-refractivity contribution is 0.969. The van der Waals surface area contributed by atoms with Crippen molar-refractivity contribution in [3.8, 4) is 11.3 Å². The first kappa shape index (κ1) is 11.9. The molecule has 0 N–H and O–H groups in total. The van der Waals surface area contributed by atoms with E-state index in [0.717, 1.165) is 21.5 Å². The number of rotatable bonds is 1. The fourth-order valence-corrected chi connectivity index (χ4v) is 3.56. The maximum absolute atomic E-state index is 6.06. The van der Waals surface area contributed by atoms with Gasteiger partial charge in [0, 0.05) is 29.7 Å². The Morgan fingerprint density at radius 1 is 1.15 bits per heavy atom. The summed E-state index contributed by atoms with van der Waals surface area (Å²) in [6.45, 7) is 0. The van der Waals surface area contributed by atoms with Crippen molar-refractivity contribution in [1.29, 1.82) is 0 Å². The number of nitrogens with zero attached hydrogens (tertiary/aromatic N) is 3. The lowest BCUT2D eigenvalue weighted by Gasteiger charge is -2.01. The molecule has 0 spiro atoms. The molecule has 0 aliphatic heterocycles. The first-order chi connectivity index (χ1) is 9.74. The summed E-state index contributed by atoms with van der Waals surface area (Å²) < 4.78 is 3.19. The number of halogens is 1. The summed E-state index contributed by atoms with van der Waals surface area (Å²) in [6, 6.07) is 10.3. The number of hydrogen-bond acceptors (Lipinski definition) is 3. The van der Waals surface area contributed by atoms with Gasteiger partial charge in [-0.2, -0.15) is 0 Å².